The Bertz CT molecular complexity index is 1090. The molecule has 0 aliphatic carbocycles. The molecule has 0 spiro atoms. The molecule has 1 N–H and O–H groups in total. The highest BCUT2D eigenvalue weighted by Crippen LogP contribution is 2.26. The zero-order valence-electron chi connectivity index (χ0n) is 18.7. The minimum absolute atomic E-state index is 0.0180. The molecule has 1 fully saturated rings. The summed E-state index contributed by atoms with van der Waals surface area (Å²) in [6.45, 7) is 5.94. The number of likely N-dealkylation sites (N-methyl/N-ethyl adjacent to an activating group) is 1. The van der Waals surface area contributed by atoms with Gasteiger partial charge >= 0.3 is 0 Å². The predicted molar refractivity (Wildman–Crippen MR) is 129 cm³/mol. The number of halogens is 1. The van der Waals surface area contributed by atoms with E-state index >= 15 is 0 Å². The van der Waals surface area contributed by atoms with Crippen LogP contribution in [0.1, 0.15) is 22.8 Å². The minimum atomic E-state index is -0.0445. The lowest BCUT2D eigenvalue weighted by Crippen LogP contribution is -2.51. The van der Waals surface area contributed by atoms with E-state index in [0.29, 0.717) is 62.1 Å². The summed E-state index contributed by atoms with van der Waals surface area (Å²) in [6, 6.07) is 17.4. The van der Waals surface area contributed by atoms with E-state index in [1.165, 1.54) is 0 Å². The first-order valence-corrected chi connectivity index (χ1v) is 11.6. The van der Waals surface area contributed by atoms with E-state index in [4.69, 9.17) is 16.7 Å². The number of hydrogen-bond acceptors (Lipinski definition) is 4. The van der Waals surface area contributed by atoms with E-state index in [1.807, 2.05) is 77.3 Å². The molecule has 4 rings (SSSR count). The average molecular weight is 466 g/mol. The van der Waals surface area contributed by atoms with E-state index in [1.54, 1.807) is 0 Å². The molecule has 2 aromatic carbocycles. The lowest BCUT2D eigenvalue weighted by atomic mass is 10.1. The van der Waals surface area contributed by atoms with Crippen LogP contribution >= 0.6 is 11.6 Å². The Balaban J connectivity index is 1.53. The Morgan fingerprint density at radius 1 is 1.00 bits per heavy atom. The minimum Gasteiger partial charge on any atom is -0.355 e. The Kier molecular flexibility index (Phi) is 7.42. The maximum Gasteiger partial charge on any atom is 0.257 e. The van der Waals surface area contributed by atoms with Crippen molar-refractivity contribution in [1.29, 1.82) is 0 Å². The van der Waals surface area contributed by atoms with Crippen molar-refractivity contribution in [2.45, 2.75) is 13.5 Å². The second-order valence-electron chi connectivity index (χ2n) is 8.10. The molecule has 8 heteroatoms. The van der Waals surface area contributed by atoms with E-state index in [0.717, 1.165) is 11.1 Å². The maximum atomic E-state index is 13.5. The second kappa shape index (κ2) is 10.6. The van der Waals surface area contributed by atoms with Crippen LogP contribution in [0.5, 0.6) is 0 Å². The molecule has 0 radical (unpaired) electrons. The fraction of sp³-hybridized carbons (Fsp3) is 0.320. The molecule has 0 unspecified atom stereocenters. The molecular formula is C25H28ClN5O2. The summed E-state index contributed by atoms with van der Waals surface area (Å²) >= 11 is 6.07. The molecule has 1 saturated heterocycles. The topological polar surface area (TPSA) is 70.5 Å². The Morgan fingerprint density at radius 2 is 1.70 bits per heavy atom. The number of rotatable bonds is 7. The summed E-state index contributed by atoms with van der Waals surface area (Å²) in [5.41, 5.74) is 3.19. The highest BCUT2D eigenvalue weighted by Gasteiger charge is 2.27. The highest BCUT2D eigenvalue weighted by molar-refractivity contribution is 6.30. The van der Waals surface area contributed by atoms with Gasteiger partial charge in [0.1, 0.15) is 5.69 Å². The first-order valence-electron chi connectivity index (χ1n) is 11.2. The lowest BCUT2D eigenvalue weighted by Gasteiger charge is -2.34. The molecule has 0 bridgehead atoms. The quantitative estimate of drug-likeness (QED) is 0.582. The smallest absolute Gasteiger partial charge is 0.257 e. The van der Waals surface area contributed by atoms with Gasteiger partial charge in [-0.05, 0) is 24.6 Å². The van der Waals surface area contributed by atoms with E-state index in [2.05, 4.69) is 10.2 Å². The van der Waals surface area contributed by atoms with E-state index in [9.17, 15) is 9.59 Å². The number of aromatic nitrogens is 2. The van der Waals surface area contributed by atoms with E-state index < -0.39 is 0 Å². The molecule has 2 amide bonds. The third-order valence-corrected chi connectivity index (χ3v) is 5.95. The van der Waals surface area contributed by atoms with Gasteiger partial charge in [-0.2, -0.15) is 5.10 Å². The van der Waals surface area contributed by atoms with Crippen molar-refractivity contribution in [3.8, 4) is 11.3 Å². The summed E-state index contributed by atoms with van der Waals surface area (Å²) in [5, 5.41) is 8.22. The van der Waals surface area contributed by atoms with Crippen LogP contribution in [-0.2, 0) is 11.3 Å². The fourth-order valence-corrected chi connectivity index (χ4v) is 4.11. The molecule has 3 aromatic rings. The van der Waals surface area contributed by atoms with Crippen molar-refractivity contribution in [3.63, 3.8) is 0 Å². The lowest BCUT2D eigenvalue weighted by molar-refractivity contribution is -0.122. The summed E-state index contributed by atoms with van der Waals surface area (Å²) in [7, 11) is 0. The third-order valence-electron chi connectivity index (χ3n) is 5.70. The number of piperazine rings is 1. The van der Waals surface area contributed by atoms with Crippen molar-refractivity contribution in [1.82, 2.24) is 24.9 Å². The molecule has 0 saturated carbocycles. The number of nitrogens with one attached hydrogen (secondary N) is 1. The average Bonchev–Trinajstić information content (AvgIpc) is 3.24. The van der Waals surface area contributed by atoms with Gasteiger partial charge in [0.2, 0.25) is 5.91 Å². The molecular weight excluding hydrogens is 438 g/mol. The van der Waals surface area contributed by atoms with Gasteiger partial charge in [-0.25, -0.2) is 0 Å². The van der Waals surface area contributed by atoms with Crippen LogP contribution in [0.15, 0.2) is 60.8 Å². The van der Waals surface area contributed by atoms with Crippen LogP contribution in [0.2, 0.25) is 5.02 Å². The predicted octanol–water partition coefficient (Wildman–Crippen LogP) is 3.15. The third kappa shape index (κ3) is 5.80. The Labute approximate surface area is 198 Å². The SMILES string of the molecule is CCNC(=O)CN1CCN(C(=O)c2cn(Cc3ccccc3)nc2-c2ccc(Cl)cc2)CC1. The summed E-state index contributed by atoms with van der Waals surface area (Å²) in [6.07, 6.45) is 1.83. The van der Waals surface area contributed by atoms with Crippen LogP contribution in [-0.4, -0.2) is 70.7 Å². The molecule has 0 atom stereocenters. The zero-order valence-corrected chi connectivity index (χ0v) is 19.5. The Hall–Kier alpha value is -3.16. The van der Waals surface area contributed by atoms with Gasteiger partial charge in [-0.3, -0.25) is 19.2 Å². The summed E-state index contributed by atoms with van der Waals surface area (Å²) in [5.74, 6) is -0.0265. The van der Waals surface area contributed by atoms with Crippen molar-refractivity contribution in [2.75, 3.05) is 39.3 Å². The van der Waals surface area contributed by atoms with Gasteiger partial charge in [0.25, 0.3) is 5.91 Å². The van der Waals surface area contributed by atoms with Crippen molar-refractivity contribution in [2.24, 2.45) is 0 Å². The number of carbonyl (C=O) groups excluding carboxylic acids is 2. The maximum absolute atomic E-state index is 13.5. The van der Waals surface area contributed by atoms with Crippen molar-refractivity contribution < 1.29 is 9.59 Å². The molecule has 1 aromatic heterocycles. The molecule has 2 heterocycles. The molecule has 1 aliphatic heterocycles. The number of carbonyl (C=O) groups is 2. The largest absolute Gasteiger partial charge is 0.355 e. The number of hydrogen-bond donors (Lipinski definition) is 1. The van der Waals surface area contributed by atoms with Gasteiger partial charge in [0.15, 0.2) is 0 Å². The van der Waals surface area contributed by atoms with Gasteiger partial charge in [0.05, 0.1) is 18.7 Å². The van der Waals surface area contributed by atoms with Crippen molar-refractivity contribution >= 4 is 23.4 Å². The Morgan fingerprint density at radius 3 is 2.36 bits per heavy atom. The van der Waals surface area contributed by atoms with Gasteiger partial charge in [-0.1, -0.05) is 54.1 Å². The normalized spacial score (nSPS) is 14.3. The number of amides is 2. The molecule has 7 nitrogen and oxygen atoms in total. The number of nitrogens with zero attached hydrogens (tertiary/aromatic N) is 4. The van der Waals surface area contributed by atoms with Gasteiger partial charge < -0.3 is 10.2 Å². The standard InChI is InChI=1S/C25H28ClN5O2/c1-2-27-23(32)18-29-12-14-30(15-13-29)25(33)22-17-31(16-19-6-4-3-5-7-19)28-24(22)20-8-10-21(26)11-9-20/h3-11,17H,2,12-16,18H2,1H3,(H,27,32). The summed E-state index contributed by atoms with van der Waals surface area (Å²) in [4.78, 5) is 29.3. The first-order chi connectivity index (χ1) is 16.0. The first kappa shape index (κ1) is 23.0. The molecule has 172 valence electrons. The van der Waals surface area contributed by atoms with Crippen LogP contribution < -0.4 is 5.32 Å². The monoisotopic (exact) mass is 465 g/mol. The van der Waals surface area contributed by atoms with Crippen molar-refractivity contribution in [3.05, 3.63) is 76.9 Å². The molecule has 33 heavy (non-hydrogen) atoms. The molecule has 1 aliphatic rings. The number of benzene rings is 2. The van der Waals surface area contributed by atoms with Crippen LogP contribution in [0.3, 0.4) is 0 Å². The zero-order chi connectivity index (χ0) is 23.2. The second-order valence-corrected chi connectivity index (χ2v) is 8.54. The van der Waals surface area contributed by atoms with Crippen LogP contribution in [0, 0.1) is 0 Å². The van der Waals surface area contributed by atoms with Gasteiger partial charge in [-0.15, -0.1) is 0 Å². The van der Waals surface area contributed by atoms with Crippen LogP contribution in [0.4, 0.5) is 0 Å². The van der Waals surface area contributed by atoms with E-state index in [-0.39, 0.29) is 11.8 Å². The van der Waals surface area contributed by atoms with Crippen LogP contribution in [0.25, 0.3) is 11.3 Å². The highest BCUT2D eigenvalue weighted by atomic mass is 35.5. The van der Waals surface area contributed by atoms with Gasteiger partial charge in [0, 0.05) is 49.5 Å². The fourth-order valence-electron chi connectivity index (χ4n) is 3.99. The summed E-state index contributed by atoms with van der Waals surface area (Å²) < 4.78 is 1.82.